The first-order valence-corrected chi connectivity index (χ1v) is 5.75. The fourth-order valence-electron chi connectivity index (χ4n) is 0.625. The van der Waals surface area contributed by atoms with Crippen LogP contribution < -0.4 is 0 Å². The van der Waals surface area contributed by atoms with Gasteiger partial charge in [0.05, 0.1) is 0 Å². The van der Waals surface area contributed by atoms with Crippen LogP contribution in [-0.4, -0.2) is 0 Å². The average Bonchev–Trinajstić information content (AvgIpc) is 2.17. The van der Waals surface area contributed by atoms with Crippen molar-refractivity contribution < 1.29 is 0 Å². The van der Waals surface area contributed by atoms with E-state index in [1.165, 1.54) is 0 Å². The molecule has 90 valence electrons. The number of hydrogen-bond donors (Lipinski definition) is 0. The maximum atomic E-state index is 3.00. The van der Waals surface area contributed by atoms with Gasteiger partial charge in [-0.3, -0.25) is 0 Å². The normalized spacial score (nSPS) is 8.56. The Morgan fingerprint density at radius 1 is 0.389 bits per heavy atom. The Kier molecular flexibility index (Phi) is 6.31. The molecule has 0 heteroatoms. The van der Waals surface area contributed by atoms with Gasteiger partial charge in [0, 0.05) is 10.8 Å². The Labute approximate surface area is 112 Å². The Bertz CT molecular complexity index is 521. The maximum Gasteiger partial charge on any atom is 0.0240 e. The molecule has 0 radical (unpaired) electrons. The van der Waals surface area contributed by atoms with Crippen LogP contribution in [0.5, 0.6) is 0 Å². The van der Waals surface area contributed by atoms with Crippen LogP contribution in [-0.2, 0) is 0 Å². The molecule has 0 aliphatic heterocycles. The van der Waals surface area contributed by atoms with Gasteiger partial charge in [0.2, 0.25) is 0 Å². The predicted molar refractivity (Wildman–Crippen MR) is 77.8 cm³/mol. The van der Waals surface area contributed by atoms with Gasteiger partial charge in [-0.05, 0) is 88.9 Å². The van der Waals surface area contributed by atoms with Gasteiger partial charge in [-0.25, -0.2) is 0 Å². The summed E-state index contributed by atoms with van der Waals surface area (Å²) in [6, 6.07) is 0. The summed E-state index contributed by atoms with van der Waals surface area (Å²) in [6.07, 6.45) is 0. The smallest absolute Gasteiger partial charge is 0.0240 e. The zero-order valence-corrected chi connectivity index (χ0v) is 12.0. The topological polar surface area (TPSA) is 0 Å². The summed E-state index contributed by atoms with van der Waals surface area (Å²) in [7, 11) is 0. The van der Waals surface area contributed by atoms with Crippen molar-refractivity contribution in [2.45, 2.75) is 41.5 Å². The lowest BCUT2D eigenvalue weighted by atomic mass is 9.98. The summed E-state index contributed by atoms with van der Waals surface area (Å²) < 4.78 is 0. The van der Waals surface area contributed by atoms with Crippen molar-refractivity contribution in [2.24, 2.45) is 10.8 Å². The molecule has 0 aromatic carbocycles. The van der Waals surface area contributed by atoms with E-state index in [2.05, 4.69) is 59.2 Å². The molecule has 0 amide bonds. The van der Waals surface area contributed by atoms with Crippen molar-refractivity contribution in [3.63, 3.8) is 0 Å². The summed E-state index contributed by atoms with van der Waals surface area (Å²) in [5.41, 5.74) is -0.0467. The minimum absolute atomic E-state index is 0.0234. The van der Waals surface area contributed by atoms with Gasteiger partial charge in [-0.1, -0.05) is 11.8 Å². The van der Waals surface area contributed by atoms with Crippen molar-refractivity contribution in [1.82, 2.24) is 0 Å². The number of hydrogen-bond acceptors (Lipinski definition) is 0. The van der Waals surface area contributed by atoms with E-state index in [0.717, 1.165) is 0 Å². The Morgan fingerprint density at radius 3 is 0.833 bits per heavy atom. The standard InChI is InChI=1S/C18H18/c1-17(2,3)15-13-11-9-7-8-10-12-14-16-18(4,5)6/h1-6H3. The van der Waals surface area contributed by atoms with Crippen molar-refractivity contribution in [3.05, 3.63) is 0 Å². The van der Waals surface area contributed by atoms with Gasteiger partial charge in [-0.15, -0.1) is 0 Å². The summed E-state index contributed by atoms with van der Waals surface area (Å²) in [5, 5.41) is 0. The first-order chi connectivity index (χ1) is 8.21. The molecule has 0 bridgehead atoms. The highest BCUT2D eigenvalue weighted by Gasteiger charge is 2.02. The molecule has 0 spiro atoms. The van der Waals surface area contributed by atoms with Crippen LogP contribution in [0.1, 0.15) is 41.5 Å². The molecule has 0 unspecified atom stereocenters. The molecular weight excluding hydrogens is 216 g/mol. The maximum absolute atomic E-state index is 3.00. The molecule has 0 saturated carbocycles. The van der Waals surface area contributed by atoms with Gasteiger partial charge in [0.25, 0.3) is 0 Å². The minimum Gasteiger partial charge on any atom is -0.0831 e. The summed E-state index contributed by atoms with van der Waals surface area (Å²) in [4.78, 5) is 0. The zero-order valence-electron chi connectivity index (χ0n) is 12.0. The van der Waals surface area contributed by atoms with Crippen molar-refractivity contribution in [3.8, 4) is 59.2 Å². The third-order valence-electron chi connectivity index (χ3n) is 1.31. The highest BCUT2D eigenvalue weighted by atomic mass is 14.1. The van der Waals surface area contributed by atoms with E-state index < -0.39 is 0 Å². The van der Waals surface area contributed by atoms with E-state index in [4.69, 9.17) is 0 Å². The van der Waals surface area contributed by atoms with E-state index in [9.17, 15) is 0 Å². The van der Waals surface area contributed by atoms with E-state index in [-0.39, 0.29) is 10.8 Å². The van der Waals surface area contributed by atoms with Gasteiger partial charge in [0.1, 0.15) is 0 Å². The van der Waals surface area contributed by atoms with Crippen LogP contribution >= 0.6 is 0 Å². The molecule has 0 nitrogen and oxygen atoms in total. The lowest BCUT2D eigenvalue weighted by molar-refractivity contribution is 0.571. The van der Waals surface area contributed by atoms with Gasteiger partial charge < -0.3 is 0 Å². The number of rotatable bonds is 0. The van der Waals surface area contributed by atoms with Gasteiger partial charge >= 0.3 is 0 Å². The van der Waals surface area contributed by atoms with Crippen molar-refractivity contribution in [1.29, 1.82) is 0 Å². The van der Waals surface area contributed by atoms with Crippen molar-refractivity contribution >= 4 is 0 Å². The molecule has 0 fully saturated rings. The van der Waals surface area contributed by atoms with E-state index >= 15 is 0 Å². The van der Waals surface area contributed by atoms with Crippen LogP contribution in [0.15, 0.2) is 0 Å². The molecular formula is C18H18. The summed E-state index contributed by atoms with van der Waals surface area (Å²) in [6.45, 7) is 12.2. The first kappa shape index (κ1) is 15.8. The minimum atomic E-state index is -0.0234. The van der Waals surface area contributed by atoms with Crippen molar-refractivity contribution in [2.75, 3.05) is 0 Å². The fourth-order valence-corrected chi connectivity index (χ4v) is 0.625. The highest BCUT2D eigenvalue weighted by Crippen LogP contribution is 2.09. The molecule has 0 N–H and O–H groups in total. The predicted octanol–water partition coefficient (Wildman–Crippen LogP) is 3.10. The molecule has 0 saturated heterocycles. The largest absolute Gasteiger partial charge is 0.0831 e. The third kappa shape index (κ3) is 13.8. The van der Waals surface area contributed by atoms with Crippen LogP contribution in [0.2, 0.25) is 0 Å². The monoisotopic (exact) mass is 234 g/mol. The Balaban J connectivity index is 4.39. The molecule has 0 atom stereocenters. The Morgan fingerprint density at radius 2 is 0.611 bits per heavy atom. The first-order valence-electron chi connectivity index (χ1n) is 5.75. The van der Waals surface area contributed by atoms with Crippen LogP contribution in [0.25, 0.3) is 0 Å². The summed E-state index contributed by atoms with van der Waals surface area (Å²) >= 11 is 0. The second kappa shape index (κ2) is 7.19. The Hall–Kier alpha value is -2.20. The summed E-state index contributed by atoms with van der Waals surface area (Å²) in [5.74, 6) is 27.3. The second-order valence-electron chi connectivity index (χ2n) is 5.75. The fraction of sp³-hybridized carbons (Fsp3) is 0.444. The van der Waals surface area contributed by atoms with E-state index in [1.54, 1.807) is 0 Å². The van der Waals surface area contributed by atoms with Gasteiger partial charge in [-0.2, -0.15) is 0 Å². The molecule has 18 heavy (non-hydrogen) atoms. The zero-order chi connectivity index (χ0) is 14.1. The molecule has 0 aliphatic rings. The van der Waals surface area contributed by atoms with E-state index in [1.807, 2.05) is 41.5 Å². The molecule has 0 aromatic rings. The van der Waals surface area contributed by atoms with E-state index in [0.29, 0.717) is 0 Å². The molecule has 0 aromatic heterocycles. The molecule has 0 heterocycles. The average molecular weight is 234 g/mol. The van der Waals surface area contributed by atoms with Crippen LogP contribution in [0, 0.1) is 70.0 Å². The quantitative estimate of drug-likeness (QED) is 0.565. The highest BCUT2D eigenvalue weighted by molar-refractivity contribution is 5.43. The lowest BCUT2D eigenvalue weighted by Crippen LogP contribution is -1.98. The third-order valence-corrected chi connectivity index (χ3v) is 1.31. The molecule has 0 aliphatic carbocycles. The second-order valence-corrected chi connectivity index (χ2v) is 5.75. The van der Waals surface area contributed by atoms with Gasteiger partial charge in [0.15, 0.2) is 0 Å². The lowest BCUT2D eigenvalue weighted by Gasteiger charge is -2.05. The molecule has 0 rings (SSSR count). The SMILES string of the molecule is CC(C)(C)C#CC#CC#CC#CC#CC(C)(C)C. The van der Waals surface area contributed by atoms with Crippen LogP contribution in [0.4, 0.5) is 0 Å². The van der Waals surface area contributed by atoms with Crippen LogP contribution in [0.3, 0.4) is 0 Å².